The highest BCUT2D eigenvalue weighted by Gasteiger charge is 2.33. The molecule has 47 heavy (non-hydrogen) atoms. The van der Waals surface area contributed by atoms with Gasteiger partial charge in [0.05, 0.1) is 5.56 Å². The minimum Gasteiger partial charge on any atom is -0.439 e. The van der Waals surface area contributed by atoms with Crippen molar-refractivity contribution < 1.29 is 27.5 Å². The van der Waals surface area contributed by atoms with Crippen molar-refractivity contribution in [3.8, 4) is 11.6 Å². The number of alkyl halides is 3. The van der Waals surface area contributed by atoms with Crippen LogP contribution in [0.1, 0.15) is 29.8 Å². The number of anilines is 4. The van der Waals surface area contributed by atoms with Crippen molar-refractivity contribution in [2.75, 3.05) is 40.1 Å². The number of piperazine rings is 1. The molecule has 1 aliphatic rings. The highest BCUT2D eigenvalue weighted by molar-refractivity contribution is 6.13. The number of nitrogens with zero attached hydrogens (tertiary/aromatic N) is 4. The number of hydrogen-bond donors (Lipinski definition) is 2. The first kappa shape index (κ1) is 31.3. The molecule has 240 valence electrons. The van der Waals surface area contributed by atoms with E-state index in [0.29, 0.717) is 41.8 Å². The maximum atomic E-state index is 14.1. The van der Waals surface area contributed by atoms with E-state index in [-0.39, 0.29) is 34.9 Å². The minimum absolute atomic E-state index is 0.0493. The third kappa shape index (κ3) is 7.27. The lowest BCUT2D eigenvalue weighted by atomic mass is 10.0. The highest BCUT2D eigenvalue weighted by atomic mass is 19.4. The molecule has 0 spiro atoms. The van der Waals surface area contributed by atoms with Crippen molar-refractivity contribution in [3.63, 3.8) is 0 Å². The van der Waals surface area contributed by atoms with Crippen LogP contribution < -0.4 is 25.2 Å². The molecule has 0 saturated carbocycles. The molecular weight excluding hydrogens is 609 g/mol. The summed E-state index contributed by atoms with van der Waals surface area (Å²) in [5.74, 6) is 0.0690. The van der Waals surface area contributed by atoms with Crippen molar-refractivity contribution in [2.24, 2.45) is 0 Å². The summed E-state index contributed by atoms with van der Waals surface area (Å²) in [5.41, 5.74) is 0.950. The van der Waals surface area contributed by atoms with E-state index in [1.54, 1.807) is 42.5 Å². The van der Waals surface area contributed by atoms with Crippen LogP contribution in [0, 0.1) is 0 Å². The predicted molar refractivity (Wildman–Crippen MR) is 175 cm³/mol. The molecule has 1 fully saturated rings. The number of hydrogen-bond acceptors (Lipinski definition) is 7. The summed E-state index contributed by atoms with van der Waals surface area (Å²) in [6, 6.07) is 25.1. The number of aromatic nitrogens is 2. The molecule has 5 aromatic rings. The van der Waals surface area contributed by atoms with Crippen LogP contribution in [0.2, 0.25) is 0 Å². The lowest BCUT2D eigenvalue weighted by Gasteiger charge is -2.42. The SMILES string of the molecule is CC(=O)Nc1cc(Oc2ccc3c(C(=O)Nc4cc(N5CCN(c6ccccc6)CC5C)cc(C(F)(F)F)c4)cccc3c2)ncn1. The number of carbonyl (C=O) groups excluding carboxylic acids is 2. The highest BCUT2D eigenvalue weighted by Crippen LogP contribution is 2.36. The second-order valence-electron chi connectivity index (χ2n) is 11.3. The molecule has 1 atom stereocenters. The molecule has 12 heteroatoms. The Kier molecular flexibility index (Phi) is 8.66. The van der Waals surface area contributed by atoms with Gasteiger partial charge in [-0.1, -0.05) is 30.3 Å². The number of carbonyl (C=O) groups is 2. The van der Waals surface area contributed by atoms with Crippen LogP contribution in [-0.2, 0) is 11.0 Å². The number of halogens is 3. The van der Waals surface area contributed by atoms with E-state index in [2.05, 4.69) is 25.5 Å². The summed E-state index contributed by atoms with van der Waals surface area (Å²) in [6.45, 7) is 5.13. The summed E-state index contributed by atoms with van der Waals surface area (Å²) >= 11 is 0. The Labute approximate surface area is 269 Å². The quantitative estimate of drug-likeness (QED) is 0.192. The molecule has 2 N–H and O–H groups in total. The standard InChI is InChI=1S/C35H31F3N6O3/c1-22-20-43(27-8-4-3-5-9-27)13-14-44(22)28-17-25(35(36,37)38)16-26(18-28)42-34(46)31-10-6-7-24-15-29(11-12-30(24)31)47-33-19-32(39-21-40-33)41-23(2)45/h3-12,15-19,21-22H,13-14,20H2,1-2H3,(H,42,46)(H,39,40,41,45). The molecule has 0 radical (unpaired) electrons. The molecule has 1 saturated heterocycles. The zero-order valence-electron chi connectivity index (χ0n) is 25.6. The van der Waals surface area contributed by atoms with Crippen LogP contribution in [0.5, 0.6) is 11.6 Å². The van der Waals surface area contributed by atoms with Crippen LogP contribution in [0.4, 0.5) is 36.1 Å². The first-order chi connectivity index (χ1) is 22.5. The van der Waals surface area contributed by atoms with E-state index in [4.69, 9.17) is 4.74 Å². The van der Waals surface area contributed by atoms with E-state index < -0.39 is 17.6 Å². The summed E-state index contributed by atoms with van der Waals surface area (Å²) in [7, 11) is 0. The Balaban J connectivity index is 1.23. The van der Waals surface area contributed by atoms with Crippen LogP contribution in [0.25, 0.3) is 10.8 Å². The molecule has 1 unspecified atom stereocenters. The van der Waals surface area contributed by atoms with Gasteiger partial charge in [-0.05, 0) is 72.3 Å². The van der Waals surface area contributed by atoms with Gasteiger partial charge < -0.3 is 25.2 Å². The Morgan fingerprint density at radius 2 is 1.68 bits per heavy atom. The number of fused-ring (bicyclic) bond motifs is 1. The molecular formula is C35H31F3N6O3. The van der Waals surface area contributed by atoms with Crippen molar-refractivity contribution in [1.82, 2.24) is 9.97 Å². The number of para-hydroxylation sites is 1. The predicted octanol–water partition coefficient (Wildman–Crippen LogP) is 7.37. The molecule has 2 amide bonds. The summed E-state index contributed by atoms with van der Waals surface area (Å²) in [5, 5.41) is 6.52. The van der Waals surface area contributed by atoms with Gasteiger partial charge >= 0.3 is 6.18 Å². The molecule has 2 heterocycles. The van der Waals surface area contributed by atoms with Gasteiger partial charge in [0.15, 0.2) is 0 Å². The fourth-order valence-electron chi connectivity index (χ4n) is 5.71. The topological polar surface area (TPSA) is 99.7 Å². The zero-order chi connectivity index (χ0) is 33.1. The van der Waals surface area contributed by atoms with Gasteiger partial charge in [0.2, 0.25) is 11.8 Å². The monoisotopic (exact) mass is 640 g/mol. The summed E-state index contributed by atoms with van der Waals surface area (Å²) in [6.07, 6.45) is -3.35. The van der Waals surface area contributed by atoms with Crippen molar-refractivity contribution >= 4 is 45.5 Å². The third-order valence-electron chi connectivity index (χ3n) is 7.85. The lowest BCUT2D eigenvalue weighted by molar-refractivity contribution is -0.137. The maximum Gasteiger partial charge on any atom is 0.416 e. The average Bonchev–Trinajstić information content (AvgIpc) is 3.04. The lowest BCUT2D eigenvalue weighted by Crippen LogP contribution is -2.52. The van der Waals surface area contributed by atoms with Crippen LogP contribution in [0.15, 0.2) is 97.3 Å². The van der Waals surface area contributed by atoms with Crippen LogP contribution >= 0.6 is 0 Å². The number of benzene rings is 4. The Bertz CT molecular complexity index is 1940. The van der Waals surface area contributed by atoms with Gasteiger partial charge in [-0.2, -0.15) is 13.2 Å². The fourth-order valence-corrected chi connectivity index (χ4v) is 5.71. The van der Waals surface area contributed by atoms with E-state index in [0.717, 1.165) is 17.8 Å². The van der Waals surface area contributed by atoms with Gasteiger partial charge in [-0.15, -0.1) is 0 Å². The zero-order valence-corrected chi connectivity index (χ0v) is 25.6. The Hall–Kier alpha value is -5.65. The van der Waals surface area contributed by atoms with E-state index >= 15 is 0 Å². The fraction of sp³-hybridized carbons (Fsp3) is 0.200. The summed E-state index contributed by atoms with van der Waals surface area (Å²) in [4.78, 5) is 37.1. The van der Waals surface area contributed by atoms with Gasteiger partial charge in [0.1, 0.15) is 17.9 Å². The number of rotatable bonds is 7. The van der Waals surface area contributed by atoms with Gasteiger partial charge in [0, 0.05) is 61.3 Å². The van der Waals surface area contributed by atoms with Gasteiger partial charge in [0.25, 0.3) is 5.91 Å². The Morgan fingerprint density at radius 3 is 2.43 bits per heavy atom. The smallest absolute Gasteiger partial charge is 0.416 e. The second-order valence-corrected chi connectivity index (χ2v) is 11.3. The molecule has 6 rings (SSSR count). The summed E-state index contributed by atoms with van der Waals surface area (Å²) < 4.78 is 48.0. The van der Waals surface area contributed by atoms with E-state index in [1.165, 1.54) is 19.3 Å². The van der Waals surface area contributed by atoms with E-state index in [9.17, 15) is 22.8 Å². The molecule has 4 aromatic carbocycles. The molecule has 9 nitrogen and oxygen atoms in total. The van der Waals surface area contributed by atoms with Crippen molar-refractivity contribution in [1.29, 1.82) is 0 Å². The minimum atomic E-state index is -4.60. The van der Waals surface area contributed by atoms with Crippen LogP contribution in [0.3, 0.4) is 0 Å². The van der Waals surface area contributed by atoms with E-state index in [1.807, 2.05) is 42.2 Å². The van der Waals surface area contributed by atoms with Crippen molar-refractivity contribution in [2.45, 2.75) is 26.1 Å². The third-order valence-corrected chi connectivity index (χ3v) is 7.85. The Morgan fingerprint density at radius 1 is 0.872 bits per heavy atom. The largest absolute Gasteiger partial charge is 0.439 e. The first-order valence-corrected chi connectivity index (χ1v) is 14.9. The molecule has 0 bridgehead atoms. The molecule has 1 aromatic heterocycles. The molecule has 1 aliphatic heterocycles. The van der Waals surface area contributed by atoms with Gasteiger partial charge in [-0.25, -0.2) is 9.97 Å². The molecule has 0 aliphatic carbocycles. The van der Waals surface area contributed by atoms with Crippen molar-refractivity contribution in [3.05, 3.63) is 108 Å². The maximum absolute atomic E-state index is 14.1. The van der Waals surface area contributed by atoms with Crippen LogP contribution in [-0.4, -0.2) is 47.5 Å². The number of amides is 2. The average molecular weight is 641 g/mol. The number of nitrogens with one attached hydrogen (secondary N) is 2. The number of ether oxygens (including phenoxy) is 1. The first-order valence-electron chi connectivity index (χ1n) is 14.9. The van der Waals surface area contributed by atoms with Gasteiger partial charge in [-0.3, -0.25) is 9.59 Å². The normalized spacial score (nSPS) is 15.0. The second kappa shape index (κ2) is 13.0.